The molecule has 1 aromatic heterocycles. The molecule has 0 spiro atoms. The van der Waals surface area contributed by atoms with Crippen LogP contribution in [-0.4, -0.2) is 18.6 Å². The molecule has 2 aromatic rings. The van der Waals surface area contributed by atoms with Crippen LogP contribution >= 0.6 is 0 Å². The van der Waals surface area contributed by atoms with Gasteiger partial charge in [0, 0.05) is 6.92 Å². The summed E-state index contributed by atoms with van der Waals surface area (Å²) in [6, 6.07) is 5.18. The summed E-state index contributed by atoms with van der Waals surface area (Å²) in [5.74, 6) is 0.645. The summed E-state index contributed by atoms with van der Waals surface area (Å²) >= 11 is 0. The number of aromatic nitrogens is 2. The van der Waals surface area contributed by atoms with Crippen molar-refractivity contribution in [1.82, 2.24) is 14.9 Å². The molecule has 0 aliphatic heterocycles. The predicted octanol–water partition coefficient (Wildman–Crippen LogP) is 1.47. The minimum absolute atomic E-state index is 0.0174. The first kappa shape index (κ1) is 13.7. The molecule has 19 heavy (non-hydrogen) atoms. The molecule has 102 valence electrons. The Bertz CT molecular complexity index is 692. The molecule has 0 saturated carbocycles. The second kappa shape index (κ2) is 5.10. The SMILES string of the molecule is Cc1ccc(S(=O)(=O)NCc2nnc(C)o2)c(C)c1. The van der Waals surface area contributed by atoms with Crippen LogP contribution in [0.3, 0.4) is 0 Å². The number of rotatable bonds is 4. The van der Waals surface area contributed by atoms with E-state index >= 15 is 0 Å². The van der Waals surface area contributed by atoms with E-state index in [9.17, 15) is 8.42 Å². The number of nitrogens with one attached hydrogen (secondary N) is 1. The van der Waals surface area contributed by atoms with Gasteiger partial charge in [-0.25, -0.2) is 13.1 Å². The summed E-state index contributed by atoms with van der Waals surface area (Å²) in [4.78, 5) is 0.259. The van der Waals surface area contributed by atoms with E-state index in [0.717, 1.165) is 5.56 Å². The van der Waals surface area contributed by atoms with Crippen molar-refractivity contribution in [3.8, 4) is 0 Å². The van der Waals surface area contributed by atoms with Crippen molar-refractivity contribution >= 4 is 10.0 Å². The molecule has 0 saturated heterocycles. The second-order valence-corrected chi connectivity index (χ2v) is 6.04. The molecule has 1 aromatic carbocycles. The molecule has 0 amide bonds. The van der Waals surface area contributed by atoms with Gasteiger partial charge < -0.3 is 4.42 Å². The van der Waals surface area contributed by atoms with Crippen LogP contribution in [0.1, 0.15) is 22.9 Å². The van der Waals surface area contributed by atoms with E-state index in [1.807, 2.05) is 13.0 Å². The summed E-state index contributed by atoms with van der Waals surface area (Å²) in [6.07, 6.45) is 0. The van der Waals surface area contributed by atoms with Crippen LogP contribution in [0.25, 0.3) is 0 Å². The Morgan fingerprint density at radius 1 is 1.21 bits per heavy atom. The van der Waals surface area contributed by atoms with Crippen molar-refractivity contribution in [2.75, 3.05) is 0 Å². The molecule has 0 bridgehead atoms. The fraction of sp³-hybridized carbons (Fsp3) is 0.333. The zero-order valence-electron chi connectivity index (χ0n) is 11.0. The number of hydrogen-bond acceptors (Lipinski definition) is 5. The first-order valence-corrected chi connectivity index (χ1v) is 7.23. The van der Waals surface area contributed by atoms with Gasteiger partial charge in [0.05, 0.1) is 11.4 Å². The smallest absolute Gasteiger partial charge is 0.241 e. The van der Waals surface area contributed by atoms with Crippen molar-refractivity contribution in [3.05, 3.63) is 41.1 Å². The van der Waals surface area contributed by atoms with Crippen LogP contribution in [0.15, 0.2) is 27.5 Å². The zero-order chi connectivity index (χ0) is 14.0. The average molecular weight is 281 g/mol. The molecule has 0 unspecified atom stereocenters. The summed E-state index contributed by atoms with van der Waals surface area (Å²) < 4.78 is 31.8. The van der Waals surface area contributed by atoms with Crippen molar-refractivity contribution in [2.24, 2.45) is 0 Å². The molecule has 2 rings (SSSR count). The van der Waals surface area contributed by atoms with Crippen LogP contribution in [-0.2, 0) is 16.6 Å². The van der Waals surface area contributed by atoms with Gasteiger partial charge in [0.25, 0.3) is 0 Å². The molecule has 0 fully saturated rings. The second-order valence-electron chi connectivity index (χ2n) is 4.31. The van der Waals surface area contributed by atoms with Crippen LogP contribution in [0.4, 0.5) is 0 Å². The van der Waals surface area contributed by atoms with E-state index in [4.69, 9.17) is 4.42 Å². The van der Waals surface area contributed by atoms with Gasteiger partial charge in [-0.1, -0.05) is 17.7 Å². The highest BCUT2D eigenvalue weighted by molar-refractivity contribution is 7.89. The van der Waals surface area contributed by atoms with Crippen LogP contribution in [0, 0.1) is 20.8 Å². The maximum absolute atomic E-state index is 12.1. The van der Waals surface area contributed by atoms with Gasteiger partial charge in [-0.3, -0.25) is 0 Å². The third-order valence-electron chi connectivity index (χ3n) is 2.60. The molecule has 0 radical (unpaired) electrons. The fourth-order valence-electron chi connectivity index (χ4n) is 1.74. The Morgan fingerprint density at radius 2 is 1.95 bits per heavy atom. The maximum atomic E-state index is 12.1. The normalized spacial score (nSPS) is 11.7. The third-order valence-corrected chi connectivity index (χ3v) is 4.16. The van der Waals surface area contributed by atoms with Crippen LogP contribution in [0.5, 0.6) is 0 Å². The lowest BCUT2D eigenvalue weighted by Gasteiger charge is -2.08. The monoisotopic (exact) mass is 281 g/mol. The largest absolute Gasteiger partial charge is 0.424 e. The Morgan fingerprint density at radius 3 is 2.53 bits per heavy atom. The maximum Gasteiger partial charge on any atom is 0.241 e. The fourth-order valence-corrected chi connectivity index (χ4v) is 2.94. The van der Waals surface area contributed by atoms with Crippen LogP contribution < -0.4 is 4.72 Å². The molecule has 0 aliphatic carbocycles. The molecule has 1 N–H and O–H groups in total. The standard InChI is InChI=1S/C12H15N3O3S/c1-8-4-5-11(9(2)6-8)19(16,17)13-7-12-15-14-10(3)18-12/h4-6,13H,7H2,1-3H3. The summed E-state index contributed by atoms with van der Waals surface area (Å²) in [6.45, 7) is 5.31. The lowest BCUT2D eigenvalue weighted by atomic mass is 10.2. The number of sulfonamides is 1. The van der Waals surface area contributed by atoms with Crippen molar-refractivity contribution in [2.45, 2.75) is 32.2 Å². The van der Waals surface area contributed by atoms with Gasteiger partial charge in [-0.15, -0.1) is 10.2 Å². The predicted molar refractivity (Wildman–Crippen MR) is 69.0 cm³/mol. The van der Waals surface area contributed by atoms with E-state index in [2.05, 4.69) is 14.9 Å². The summed E-state index contributed by atoms with van der Waals surface area (Å²) in [7, 11) is -3.57. The van der Waals surface area contributed by atoms with Crippen molar-refractivity contribution in [1.29, 1.82) is 0 Å². The molecule has 7 heteroatoms. The average Bonchev–Trinajstić information content (AvgIpc) is 2.72. The topological polar surface area (TPSA) is 85.1 Å². The summed E-state index contributed by atoms with van der Waals surface area (Å²) in [5, 5.41) is 7.37. The third kappa shape index (κ3) is 3.18. The van der Waals surface area contributed by atoms with Crippen molar-refractivity contribution in [3.63, 3.8) is 0 Å². The summed E-state index contributed by atoms with van der Waals surface area (Å²) in [5.41, 5.74) is 1.72. The minimum Gasteiger partial charge on any atom is -0.424 e. The molecule has 1 heterocycles. The molecule has 0 atom stereocenters. The van der Waals surface area contributed by atoms with E-state index < -0.39 is 10.0 Å². The van der Waals surface area contributed by atoms with Gasteiger partial charge in [0.1, 0.15) is 0 Å². The number of nitrogens with zero attached hydrogens (tertiary/aromatic N) is 2. The van der Waals surface area contributed by atoms with Gasteiger partial charge in [0.15, 0.2) is 0 Å². The highest BCUT2D eigenvalue weighted by Gasteiger charge is 2.17. The Balaban J connectivity index is 2.18. The van der Waals surface area contributed by atoms with Gasteiger partial charge in [-0.2, -0.15) is 0 Å². The quantitative estimate of drug-likeness (QED) is 0.917. The van der Waals surface area contributed by atoms with E-state index in [-0.39, 0.29) is 17.3 Å². The van der Waals surface area contributed by atoms with E-state index in [0.29, 0.717) is 11.5 Å². The van der Waals surface area contributed by atoms with Crippen molar-refractivity contribution < 1.29 is 12.8 Å². The lowest BCUT2D eigenvalue weighted by molar-refractivity contribution is 0.460. The minimum atomic E-state index is -3.57. The van der Waals surface area contributed by atoms with Gasteiger partial charge in [-0.05, 0) is 25.5 Å². The first-order valence-electron chi connectivity index (χ1n) is 5.74. The van der Waals surface area contributed by atoms with Gasteiger partial charge >= 0.3 is 0 Å². The Labute approximate surface area is 111 Å². The number of hydrogen-bond donors (Lipinski definition) is 1. The lowest BCUT2D eigenvalue weighted by Crippen LogP contribution is -2.24. The number of benzene rings is 1. The van der Waals surface area contributed by atoms with E-state index in [1.165, 1.54) is 0 Å². The van der Waals surface area contributed by atoms with Gasteiger partial charge in [0.2, 0.25) is 21.8 Å². The highest BCUT2D eigenvalue weighted by atomic mass is 32.2. The highest BCUT2D eigenvalue weighted by Crippen LogP contribution is 2.16. The van der Waals surface area contributed by atoms with Crippen LogP contribution in [0.2, 0.25) is 0 Å². The van der Waals surface area contributed by atoms with E-state index in [1.54, 1.807) is 26.0 Å². The number of aryl methyl sites for hydroxylation is 3. The molecular weight excluding hydrogens is 266 g/mol. The zero-order valence-corrected chi connectivity index (χ0v) is 11.8. The Hall–Kier alpha value is -1.73. The molecule has 0 aliphatic rings. The Kier molecular flexibility index (Phi) is 3.68. The first-order chi connectivity index (χ1) is 8.88. The molecule has 6 nitrogen and oxygen atoms in total. The molecular formula is C12H15N3O3S.